The molecule has 2 aromatic carbocycles. The van der Waals surface area contributed by atoms with E-state index in [2.05, 4.69) is 0 Å². The summed E-state index contributed by atoms with van der Waals surface area (Å²) >= 11 is 0. The van der Waals surface area contributed by atoms with Crippen molar-refractivity contribution in [1.29, 1.82) is 0 Å². The molecule has 2 aromatic rings. The molecule has 3 heteroatoms. The molecular formula is C14H14FNO. The smallest absolute Gasteiger partial charge is 0.165 e. The first-order chi connectivity index (χ1) is 8.20. The lowest BCUT2D eigenvalue weighted by Crippen LogP contribution is -2.00. The molecule has 0 aliphatic rings. The maximum Gasteiger partial charge on any atom is 0.165 e. The van der Waals surface area contributed by atoms with Crippen LogP contribution in [0.3, 0.4) is 0 Å². The van der Waals surface area contributed by atoms with Crippen molar-refractivity contribution in [3.05, 3.63) is 59.4 Å². The molecule has 88 valence electrons. The summed E-state index contributed by atoms with van der Waals surface area (Å²) in [5.74, 6) is 0.435. The summed E-state index contributed by atoms with van der Waals surface area (Å²) < 4.78 is 19.0. The zero-order valence-electron chi connectivity index (χ0n) is 9.61. The van der Waals surface area contributed by atoms with Crippen molar-refractivity contribution in [1.82, 2.24) is 0 Å². The molecule has 0 fully saturated rings. The van der Waals surface area contributed by atoms with E-state index in [4.69, 9.17) is 10.5 Å². The van der Waals surface area contributed by atoms with E-state index in [0.717, 1.165) is 11.1 Å². The molecule has 17 heavy (non-hydrogen) atoms. The van der Waals surface area contributed by atoms with Crippen molar-refractivity contribution in [2.45, 2.75) is 13.5 Å². The Kier molecular flexibility index (Phi) is 3.40. The van der Waals surface area contributed by atoms with Gasteiger partial charge in [0.1, 0.15) is 5.75 Å². The molecule has 0 aromatic heterocycles. The molecule has 0 aliphatic carbocycles. The van der Waals surface area contributed by atoms with Crippen LogP contribution in [0.4, 0.5) is 4.39 Å². The molecule has 0 radical (unpaired) electrons. The first kappa shape index (κ1) is 11.6. The lowest BCUT2D eigenvalue weighted by molar-refractivity contribution is 0.438. The third kappa shape index (κ3) is 2.63. The lowest BCUT2D eigenvalue weighted by Gasteiger charge is -2.11. The monoisotopic (exact) mass is 231 g/mol. The fourth-order valence-electron chi connectivity index (χ4n) is 1.61. The van der Waals surface area contributed by atoms with Crippen LogP contribution in [-0.4, -0.2) is 0 Å². The number of hydrogen-bond donors (Lipinski definition) is 1. The highest BCUT2D eigenvalue weighted by Crippen LogP contribution is 2.27. The number of halogens is 1. The van der Waals surface area contributed by atoms with Crippen LogP contribution in [0, 0.1) is 12.7 Å². The first-order valence-corrected chi connectivity index (χ1v) is 5.42. The summed E-state index contributed by atoms with van der Waals surface area (Å²) in [4.78, 5) is 0. The molecule has 0 heterocycles. The fraction of sp³-hybridized carbons (Fsp3) is 0.143. The summed E-state index contributed by atoms with van der Waals surface area (Å²) in [6.45, 7) is 2.34. The van der Waals surface area contributed by atoms with Crippen molar-refractivity contribution in [3.63, 3.8) is 0 Å². The Morgan fingerprint density at radius 3 is 2.59 bits per heavy atom. The van der Waals surface area contributed by atoms with Crippen LogP contribution < -0.4 is 10.5 Å². The highest BCUT2D eigenvalue weighted by Gasteiger charge is 2.07. The minimum atomic E-state index is -0.379. The number of hydrogen-bond acceptors (Lipinski definition) is 2. The minimum absolute atomic E-state index is 0.214. The van der Waals surface area contributed by atoms with E-state index in [1.165, 1.54) is 6.07 Å². The molecule has 0 bridgehead atoms. The summed E-state index contributed by atoms with van der Waals surface area (Å²) in [5, 5.41) is 0. The highest BCUT2D eigenvalue weighted by molar-refractivity contribution is 5.40. The zero-order chi connectivity index (χ0) is 12.3. The Morgan fingerprint density at radius 2 is 1.88 bits per heavy atom. The van der Waals surface area contributed by atoms with E-state index in [-0.39, 0.29) is 11.6 Å². The Labute approximate surface area is 99.8 Å². The van der Waals surface area contributed by atoms with Crippen molar-refractivity contribution in [2.24, 2.45) is 5.73 Å². The van der Waals surface area contributed by atoms with E-state index in [9.17, 15) is 4.39 Å². The van der Waals surface area contributed by atoms with Gasteiger partial charge in [0.15, 0.2) is 11.6 Å². The Balaban J connectivity index is 2.33. The number of para-hydroxylation sites is 1. The first-order valence-electron chi connectivity index (χ1n) is 5.42. The molecule has 0 spiro atoms. The summed E-state index contributed by atoms with van der Waals surface area (Å²) in [7, 11) is 0. The second-order valence-electron chi connectivity index (χ2n) is 3.85. The molecule has 0 saturated heterocycles. The Hall–Kier alpha value is -1.87. The van der Waals surface area contributed by atoms with Gasteiger partial charge in [-0.3, -0.25) is 0 Å². The number of benzene rings is 2. The van der Waals surface area contributed by atoms with Crippen LogP contribution in [-0.2, 0) is 6.54 Å². The van der Waals surface area contributed by atoms with Gasteiger partial charge in [-0.25, -0.2) is 4.39 Å². The van der Waals surface area contributed by atoms with E-state index in [1.807, 2.05) is 25.1 Å². The number of aryl methyl sites for hydroxylation is 1. The topological polar surface area (TPSA) is 35.2 Å². The van der Waals surface area contributed by atoms with Crippen LogP contribution in [0.5, 0.6) is 11.5 Å². The van der Waals surface area contributed by atoms with Gasteiger partial charge in [-0.05, 0) is 25.1 Å². The van der Waals surface area contributed by atoms with Crippen molar-refractivity contribution in [3.8, 4) is 11.5 Å². The van der Waals surface area contributed by atoms with Crippen LogP contribution >= 0.6 is 0 Å². The molecule has 2 nitrogen and oxygen atoms in total. The largest absolute Gasteiger partial charge is 0.454 e. The summed E-state index contributed by atoms with van der Waals surface area (Å²) in [6.07, 6.45) is 0. The van der Waals surface area contributed by atoms with Crippen LogP contribution in [0.2, 0.25) is 0 Å². The normalized spacial score (nSPS) is 10.3. The molecule has 2 rings (SSSR count). The van der Waals surface area contributed by atoms with Crippen molar-refractivity contribution in [2.75, 3.05) is 0 Å². The molecule has 0 amide bonds. The molecule has 0 unspecified atom stereocenters. The Morgan fingerprint density at radius 1 is 1.12 bits per heavy atom. The molecule has 0 saturated carbocycles. The highest BCUT2D eigenvalue weighted by atomic mass is 19.1. The molecule has 0 aliphatic heterocycles. The van der Waals surface area contributed by atoms with Crippen LogP contribution in [0.1, 0.15) is 11.1 Å². The average molecular weight is 231 g/mol. The van der Waals surface area contributed by atoms with Gasteiger partial charge in [0.2, 0.25) is 0 Å². The summed E-state index contributed by atoms with van der Waals surface area (Å²) in [6, 6.07) is 12.0. The van der Waals surface area contributed by atoms with Gasteiger partial charge in [0.25, 0.3) is 0 Å². The minimum Gasteiger partial charge on any atom is -0.454 e. The number of rotatable bonds is 3. The average Bonchev–Trinajstić information content (AvgIpc) is 2.34. The lowest BCUT2D eigenvalue weighted by atomic mass is 10.1. The second-order valence-corrected chi connectivity index (χ2v) is 3.85. The van der Waals surface area contributed by atoms with Gasteiger partial charge in [-0.1, -0.05) is 29.8 Å². The zero-order valence-corrected chi connectivity index (χ0v) is 9.61. The van der Waals surface area contributed by atoms with Crippen molar-refractivity contribution < 1.29 is 9.13 Å². The van der Waals surface area contributed by atoms with E-state index < -0.39 is 0 Å². The molecule has 2 N–H and O–H groups in total. The van der Waals surface area contributed by atoms with Gasteiger partial charge in [0.05, 0.1) is 0 Å². The summed E-state index contributed by atoms with van der Waals surface area (Å²) in [5.41, 5.74) is 7.61. The number of ether oxygens (including phenoxy) is 1. The van der Waals surface area contributed by atoms with Gasteiger partial charge in [-0.2, -0.15) is 0 Å². The predicted molar refractivity (Wildman–Crippen MR) is 65.5 cm³/mol. The van der Waals surface area contributed by atoms with Crippen LogP contribution in [0.15, 0.2) is 42.5 Å². The standard InChI is InChI=1S/C14H14FNO/c1-10-6-7-13(11(8-10)9-16)17-14-5-3-2-4-12(14)15/h2-8H,9,16H2,1H3. The predicted octanol–water partition coefficient (Wildman–Crippen LogP) is 3.39. The van der Waals surface area contributed by atoms with Gasteiger partial charge in [-0.15, -0.1) is 0 Å². The maximum absolute atomic E-state index is 13.4. The Bertz CT molecular complexity index is 525. The van der Waals surface area contributed by atoms with E-state index in [1.54, 1.807) is 18.2 Å². The SMILES string of the molecule is Cc1ccc(Oc2ccccc2F)c(CN)c1. The van der Waals surface area contributed by atoms with Gasteiger partial charge < -0.3 is 10.5 Å². The number of nitrogens with two attached hydrogens (primary N) is 1. The van der Waals surface area contributed by atoms with E-state index in [0.29, 0.717) is 12.3 Å². The molecule has 0 atom stereocenters. The third-order valence-corrected chi connectivity index (χ3v) is 2.49. The third-order valence-electron chi connectivity index (χ3n) is 2.49. The second kappa shape index (κ2) is 4.97. The van der Waals surface area contributed by atoms with E-state index >= 15 is 0 Å². The molecular weight excluding hydrogens is 217 g/mol. The quantitative estimate of drug-likeness (QED) is 0.878. The van der Waals surface area contributed by atoms with Crippen molar-refractivity contribution >= 4 is 0 Å². The fourth-order valence-corrected chi connectivity index (χ4v) is 1.61. The maximum atomic E-state index is 13.4. The van der Waals surface area contributed by atoms with Gasteiger partial charge in [0, 0.05) is 12.1 Å². The van der Waals surface area contributed by atoms with Crippen LogP contribution in [0.25, 0.3) is 0 Å². The van der Waals surface area contributed by atoms with Gasteiger partial charge >= 0.3 is 0 Å².